The SMILES string of the molecule is C=C(C)C(=O)OCC(COC(=O)C(=C)C)CN(C)C. The minimum absolute atomic E-state index is 0.0819. The molecule has 0 aromatic rings. The third-order valence-corrected chi connectivity index (χ3v) is 2.22. The van der Waals surface area contributed by atoms with Gasteiger partial charge in [-0.3, -0.25) is 0 Å². The lowest BCUT2D eigenvalue weighted by molar-refractivity contribution is -0.144. The van der Waals surface area contributed by atoms with E-state index in [-0.39, 0.29) is 19.1 Å². The van der Waals surface area contributed by atoms with Crippen molar-refractivity contribution in [3.63, 3.8) is 0 Å². The third-order valence-electron chi connectivity index (χ3n) is 2.22. The lowest BCUT2D eigenvalue weighted by atomic mass is 10.1. The molecule has 19 heavy (non-hydrogen) atoms. The molecule has 0 spiro atoms. The highest BCUT2D eigenvalue weighted by Gasteiger charge is 2.16. The maximum atomic E-state index is 11.3. The van der Waals surface area contributed by atoms with Crippen molar-refractivity contribution in [1.29, 1.82) is 0 Å². The molecular weight excluding hydrogens is 246 g/mol. The molecule has 5 nitrogen and oxygen atoms in total. The predicted molar refractivity (Wildman–Crippen MR) is 73.6 cm³/mol. The summed E-state index contributed by atoms with van der Waals surface area (Å²) in [6.45, 7) is 11.2. The summed E-state index contributed by atoms with van der Waals surface area (Å²) < 4.78 is 10.2. The molecule has 0 N–H and O–H groups in total. The third kappa shape index (κ3) is 8.15. The van der Waals surface area contributed by atoms with Crippen molar-refractivity contribution in [1.82, 2.24) is 4.90 Å². The lowest BCUT2D eigenvalue weighted by Crippen LogP contribution is -2.30. The molecule has 0 aliphatic carbocycles. The molecule has 0 aromatic carbocycles. The van der Waals surface area contributed by atoms with Crippen molar-refractivity contribution in [3.8, 4) is 0 Å². The van der Waals surface area contributed by atoms with E-state index in [4.69, 9.17) is 9.47 Å². The Morgan fingerprint density at radius 2 is 1.37 bits per heavy atom. The van der Waals surface area contributed by atoms with Gasteiger partial charge >= 0.3 is 11.9 Å². The van der Waals surface area contributed by atoms with Gasteiger partial charge in [-0.15, -0.1) is 0 Å². The van der Waals surface area contributed by atoms with Gasteiger partial charge in [-0.25, -0.2) is 9.59 Å². The summed E-state index contributed by atoms with van der Waals surface area (Å²) in [7, 11) is 3.79. The minimum Gasteiger partial charge on any atom is -0.462 e. The van der Waals surface area contributed by atoms with E-state index in [2.05, 4.69) is 13.2 Å². The van der Waals surface area contributed by atoms with Gasteiger partial charge in [0.2, 0.25) is 0 Å². The number of nitrogens with zero attached hydrogens (tertiary/aromatic N) is 1. The molecule has 0 rings (SSSR count). The first kappa shape index (κ1) is 17.4. The van der Waals surface area contributed by atoms with Crippen molar-refractivity contribution in [2.75, 3.05) is 33.9 Å². The summed E-state index contributed by atoms with van der Waals surface area (Å²) in [4.78, 5) is 24.6. The van der Waals surface area contributed by atoms with Gasteiger partial charge in [0.1, 0.15) is 0 Å². The quantitative estimate of drug-likeness (QED) is 0.492. The maximum absolute atomic E-state index is 11.3. The molecule has 0 amide bonds. The average Bonchev–Trinajstić information content (AvgIpc) is 2.30. The topological polar surface area (TPSA) is 55.8 Å². The van der Waals surface area contributed by atoms with Crippen LogP contribution in [-0.4, -0.2) is 50.7 Å². The van der Waals surface area contributed by atoms with Crippen molar-refractivity contribution in [2.24, 2.45) is 5.92 Å². The number of esters is 2. The van der Waals surface area contributed by atoms with Crippen LogP contribution in [0.3, 0.4) is 0 Å². The molecule has 0 saturated carbocycles. The average molecular weight is 269 g/mol. The smallest absolute Gasteiger partial charge is 0.333 e. The summed E-state index contributed by atoms with van der Waals surface area (Å²) in [5.74, 6) is -0.952. The van der Waals surface area contributed by atoms with Gasteiger partial charge in [-0.1, -0.05) is 13.2 Å². The van der Waals surface area contributed by atoms with E-state index in [0.717, 1.165) is 0 Å². The van der Waals surface area contributed by atoms with Crippen LogP contribution >= 0.6 is 0 Å². The predicted octanol–water partition coefficient (Wildman–Crippen LogP) is 1.40. The van der Waals surface area contributed by atoms with Crippen LogP contribution in [0.25, 0.3) is 0 Å². The zero-order valence-electron chi connectivity index (χ0n) is 12.2. The van der Waals surface area contributed by atoms with Gasteiger partial charge in [0, 0.05) is 23.6 Å². The normalized spacial score (nSPS) is 10.4. The number of hydrogen-bond acceptors (Lipinski definition) is 5. The van der Waals surface area contributed by atoms with E-state index in [9.17, 15) is 9.59 Å². The van der Waals surface area contributed by atoms with Crippen molar-refractivity contribution < 1.29 is 19.1 Å². The standard InChI is InChI=1S/C14H23NO4/c1-10(2)13(16)18-8-12(7-15(5)6)9-19-14(17)11(3)4/h12H,1,3,7-9H2,2,4-6H3. The van der Waals surface area contributed by atoms with Crippen LogP contribution < -0.4 is 0 Å². The number of carbonyl (C=O) groups is 2. The molecule has 0 aromatic heterocycles. The Hall–Kier alpha value is -1.62. The molecule has 0 radical (unpaired) electrons. The van der Waals surface area contributed by atoms with E-state index in [0.29, 0.717) is 17.7 Å². The first-order valence-electron chi connectivity index (χ1n) is 6.04. The van der Waals surface area contributed by atoms with Gasteiger partial charge in [-0.2, -0.15) is 0 Å². The Morgan fingerprint density at radius 3 is 1.63 bits per heavy atom. The molecule has 5 heteroatoms. The largest absolute Gasteiger partial charge is 0.462 e. The lowest BCUT2D eigenvalue weighted by Gasteiger charge is -2.20. The van der Waals surface area contributed by atoms with E-state index >= 15 is 0 Å². The number of ether oxygens (including phenoxy) is 2. The second kappa shape index (κ2) is 8.48. The van der Waals surface area contributed by atoms with Crippen LogP contribution in [0.4, 0.5) is 0 Å². The molecule has 0 aliphatic heterocycles. The summed E-state index contributed by atoms with van der Waals surface area (Å²) in [5.41, 5.74) is 0.699. The Morgan fingerprint density at radius 1 is 1.00 bits per heavy atom. The summed E-state index contributed by atoms with van der Waals surface area (Å²) in [6.07, 6.45) is 0. The van der Waals surface area contributed by atoms with Crippen LogP contribution in [0.1, 0.15) is 13.8 Å². The van der Waals surface area contributed by atoms with E-state index < -0.39 is 11.9 Å². The highest BCUT2D eigenvalue weighted by atomic mass is 16.5. The number of hydrogen-bond donors (Lipinski definition) is 0. The zero-order chi connectivity index (χ0) is 15.0. The molecule has 0 heterocycles. The maximum Gasteiger partial charge on any atom is 0.333 e. The second-order valence-corrected chi connectivity index (χ2v) is 4.89. The van der Waals surface area contributed by atoms with E-state index in [1.807, 2.05) is 19.0 Å². The summed E-state index contributed by atoms with van der Waals surface area (Å²) in [5, 5.41) is 0. The van der Waals surface area contributed by atoms with Crippen LogP contribution in [0.2, 0.25) is 0 Å². The van der Waals surface area contributed by atoms with Crippen LogP contribution in [-0.2, 0) is 19.1 Å². The van der Waals surface area contributed by atoms with E-state index in [1.165, 1.54) is 0 Å². The number of carbonyl (C=O) groups excluding carboxylic acids is 2. The van der Waals surface area contributed by atoms with Crippen LogP contribution in [0.5, 0.6) is 0 Å². The monoisotopic (exact) mass is 269 g/mol. The van der Waals surface area contributed by atoms with Gasteiger partial charge < -0.3 is 14.4 Å². The van der Waals surface area contributed by atoms with Crippen molar-refractivity contribution >= 4 is 11.9 Å². The Labute approximate surface area is 114 Å². The molecule has 0 atom stereocenters. The summed E-state index contributed by atoms with van der Waals surface area (Å²) in [6, 6.07) is 0. The molecule has 0 bridgehead atoms. The molecule has 0 saturated heterocycles. The Bertz CT molecular complexity index is 330. The first-order chi connectivity index (χ1) is 8.73. The zero-order valence-corrected chi connectivity index (χ0v) is 12.2. The van der Waals surface area contributed by atoms with Crippen molar-refractivity contribution in [3.05, 3.63) is 24.3 Å². The first-order valence-corrected chi connectivity index (χ1v) is 6.04. The molecule has 108 valence electrons. The van der Waals surface area contributed by atoms with Crippen LogP contribution in [0.15, 0.2) is 24.3 Å². The fraction of sp³-hybridized carbons (Fsp3) is 0.571. The fourth-order valence-corrected chi connectivity index (χ4v) is 1.30. The molecule has 0 unspecified atom stereocenters. The van der Waals surface area contributed by atoms with Crippen LogP contribution in [0, 0.1) is 5.92 Å². The molecule has 0 fully saturated rings. The number of rotatable bonds is 8. The molecular formula is C14H23NO4. The minimum atomic E-state index is -0.435. The second-order valence-electron chi connectivity index (χ2n) is 4.89. The van der Waals surface area contributed by atoms with Gasteiger partial charge in [0.25, 0.3) is 0 Å². The molecule has 0 aliphatic rings. The van der Waals surface area contributed by atoms with E-state index in [1.54, 1.807) is 13.8 Å². The van der Waals surface area contributed by atoms with Gasteiger partial charge in [0.15, 0.2) is 0 Å². The summed E-state index contributed by atoms with van der Waals surface area (Å²) >= 11 is 0. The van der Waals surface area contributed by atoms with Gasteiger partial charge in [0.05, 0.1) is 13.2 Å². The fourth-order valence-electron chi connectivity index (χ4n) is 1.30. The highest BCUT2D eigenvalue weighted by molar-refractivity contribution is 5.87. The Kier molecular flexibility index (Phi) is 7.75. The van der Waals surface area contributed by atoms with Gasteiger partial charge in [-0.05, 0) is 27.9 Å². The van der Waals surface area contributed by atoms with Crippen molar-refractivity contribution in [2.45, 2.75) is 13.8 Å². The Balaban J connectivity index is 4.30. The highest BCUT2D eigenvalue weighted by Crippen LogP contribution is 2.05.